The molecule has 3 atom stereocenters. The Hall–Kier alpha value is -0.120. The molecule has 0 aromatic rings. The molecule has 3 nitrogen and oxygen atoms in total. The predicted molar refractivity (Wildman–Crippen MR) is 78.4 cm³/mol. The molecule has 0 spiro atoms. The Morgan fingerprint density at radius 1 is 1.21 bits per heavy atom. The van der Waals surface area contributed by atoms with E-state index in [4.69, 9.17) is 4.74 Å². The molecule has 3 aliphatic rings. The summed E-state index contributed by atoms with van der Waals surface area (Å²) in [5.74, 6) is 0.910. The highest BCUT2D eigenvalue weighted by Crippen LogP contribution is 2.41. The SMILES string of the molecule is CC1CCNC(C)(C2CC2)CN1CC1CCCCO1. The van der Waals surface area contributed by atoms with Gasteiger partial charge in [0.2, 0.25) is 0 Å². The number of hydrogen-bond acceptors (Lipinski definition) is 3. The summed E-state index contributed by atoms with van der Waals surface area (Å²) in [6, 6.07) is 0.693. The van der Waals surface area contributed by atoms with Gasteiger partial charge in [0, 0.05) is 31.3 Å². The lowest BCUT2D eigenvalue weighted by atomic mass is 9.95. The van der Waals surface area contributed by atoms with Crippen molar-refractivity contribution in [1.29, 1.82) is 0 Å². The molecule has 2 saturated heterocycles. The second kappa shape index (κ2) is 5.71. The van der Waals surface area contributed by atoms with Crippen LogP contribution in [0.25, 0.3) is 0 Å². The van der Waals surface area contributed by atoms with Crippen LogP contribution in [0.5, 0.6) is 0 Å². The van der Waals surface area contributed by atoms with Gasteiger partial charge >= 0.3 is 0 Å². The maximum absolute atomic E-state index is 5.95. The Bertz CT molecular complexity index is 299. The van der Waals surface area contributed by atoms with Crippen molar-refractivity contribution >= 4 is 0 Å². The van der Waals surface area contributed by atoms with Gasteiger partial charge in [0.1, 0.15) is 0 Å². The predicted octanol–water partition coefficient (Wildman–Crippen LogP) is 2.41. The van der Waals surface area contributed by atoms with Gasteiger partial charge in [-0.2, -0.15) is 0 Å². The molecule has 19 heavy (non-hydrogen) atoms. The number of rotatable bonds is 3. The van der Waals surface area contributed by atoms with E-state index in [1.165, 1.54) is 51.6 Å². The second-order valence-corrected chi connectivity index (χ2v) is 7.17. The monoisotopic (exact) mass is 266 g/mol. The van der Waals surface area contributed by atoms with Gasteiger partial charge in [0.25, 0.3) is 0 Å². The molecule has 3 unspecified atom stereocenters. The summed E-state index contributed by atoms with van der Waals surface area (Å²) in [5, 5.41) is 3.84. The second-order valence-electron chi connectivity index (χ2n) is 7.17. The van der Waals surface area contributed by atoms with Gasteiger partial charge in [-0.3, -0.25) is 4.90 Å². The molecule has 2 aliphatic heterocycles. The summed E-state index contributed by atoms with van der Waals surface area (Å²) in [4.78, 5) is 2.70. The molecular weight excluding hydrogens is 236 g/mol. The molecule has 3 fully saturated rings. The van der Waals surface area contributed by atoms with Crippen LogP contribution in [0.1, 0.15) is 52.4 Å². The quantitative estimate of drug-likeness (QED) is 0.849. The molecule has 0 bridgehead atoms. The first kappa shape index (κ1) is 13.8. The first-order valence-corrected chi connectivity index (χ1v) is 8.28. The first-order valence-electron chi connectivity index (χ1n) is 8.28. The topological polar surface area (TPSA) is 24.5 Å². The van der Waals surface area contributed by atoms with Crippen LogP contribution in [0.15, 0.2) is 0 Å². The molecule has 0 aromatic heterocycles. The van der Waals surface area contributed by atoms with E-state index in [0.29, 0.717) is 17.7 Å². The van der Waals surface area contributed by atoms with Crippen LogP contribution in [0.3, 0.4) is 0 Å². The van der Waals surface area contributed by atoms with Crippen LogP contribution in [0.4, 0.5) is 0 Å². The zero-order valence-electron chi connectivity index (χ0n) is 12.7. The fourth-order valence-corrected chi connectivity index (χ4v) is 3.83. The van der Waals surface area contributed by atoms with Gasteiger partial charge in [-0.1, -0.05) is 0 Å². The summed E-state index contributed by atoms with van der Waals surface area (Å²) < 4.78 is 5.95. The average Bonchev–Trinajstić information content (AvgIpc) is 3.23. The third-order valence-corrected chi connectivity index (χ3v) is 5.44. The summed E-state index contributed by atoms with van der Waals surface area (Å²) >= 11 is 0. The molecule has 3 heteroatoms. The zero-order valence-corrected chi connectivity index (χ0v) is 12.7. The third kappa shape index (κ3) is 3.32. The summed E-state index contributed by atoms with van der Waals surface area (Å²) in [7, 11) is 0. The van der Waals surface area contributed by atoms with Crippen LogP contribution in [0, 0.1) is 5.92 Å². The summed E-state index contributed by atoms with van der Waals surface area (Å²) in [6.45, 7) is 9.34. The molecule has 3 rings (SSSR count). The molecule has 1 aliphatic carbocycles. The smallest absolute Gasteiger partial charge is 0.0702 e. The van der Waals surface area contributed by atoms with Gasteiger partial charge < -0.3 is 10.1 Å². The van der Waals surface area contributed by atoms with E-state index in [9.17, 15) is 0 Å². The minimum atomic E-state index is 0.347. The van der Waals surface area contributed by atoms with Gasteiger partial charge in [0.15, 0.2) is 0 Å². The highest BCUT2D eigenvalue weighted by molar-refractivity contribution is 5.02. The Balaban J connectivity index is 1.62. The van der Waals surface area contributed by atoms with E-state index in [1.807, 2.05) is 0 Å². The highest BCUT2D eigenvalue weighted by atomic mass is 16.5. The van der Waals surface area contributed by atoms with Crippen molar-refractivity contribution in [3.8, 4) is 0 Å². The number of nitrogens with one attached hydrogen (secondary N) is 1. The van der Waals surface area contributed by atoms with Crippen LogP contribution < -0.4 is 5.32 Å². The van der Waals surface area contributed by atoms with E-state index in [-0.39, 0.29) is 0 Å². The average molecular weight is 266 g/mol. The van der Waals surface area contributed by atoms with Crippen molar-refractivity contribution in [2.24, 2.45) is 5.92 Å². The molecule has 1 saturated carbocycles. The van der Waals surface area contributed by atoms with Crippen molar-refractivity contribution in [2.45, 2.75) is 70.1 Å². The van der Waals surface area contributed by atoms with E-state index in [2.05, 4.69) is 24.1 Å². The molecule has 0 amide bonds. The number of ether oxygens (including phenoxy) is 1. The van der Waals surface area contributed by atoms with Gasteiger partial charge in [-0.15, -0.1) is 0 Å². The van der Waals surface area contributed by atoms with E-state index in [1.54, 1.807) is 0 Å². The van der Waals surface area contributed by atoms with Crippen molar-refractivity contribution in [2.75, 3.05) is 26.2 Å². The lowest BCUT2D eigenvalue weighted by Gasteiger charge is -2.38. The van der Waals surface area contributed by atoms with E-state index < -0.39 is 0 Å². The minimum Gasteiger partial charge on any atom is -0.377 e. The minimum absolute atomic E-state index is 0.347. The van der Waals surface area contributed by atoms with E-state index in [0.717, 1.165) is 19.1 Å². The zero-order chi connectivity index (χ0) is 13.3. The van der Waals surface area contributed by atoms with Gasteiger partial charge in [-0.05, 0) is 64.8 Å². The van der Waals surface area contributed by atoms with Crippen molar-refractivity contribution in [1.82, 2.24) is 10.2 Å². The van der Waals surface area contributed by atoms with Crippen LogP contribution in [-0.4, -0.2) is 48.8 Å². The van der Waals surface area contributed by atoms with Crippen molar-refractivity contribution in [3.05, 3.63) is 0 Å². The van der Waals surface area contributed by atoms with Crippen LogP contribution in [-0.2, 0) is 4.74 Å². The molecule has 0 radical (unpaired) electrons. The Kier molecular flexibility index (Phi) is 4.16. The fourth-order valence-electron chi connectivity index (χ4n) is 3.83. The normalized spacial score (nSPS) is 42.0. The fraction of sp³-hybridized carbons (Fsp3) is 1.00. The standard InChI is InChI=1S/C16H30N2O/c1-13-8-9-17-16(2,14-6-7-14)12-18(13)11-15-5-3-4-10-19-15/h13-15,17H,3-12H2,1-2H3. The van der Waals surface area contributed by atoms with Gasteiger partial charge in [0.05, 0.1) is 6.10 Å². The summed E-state index contributed by atoms with van der Waals surface area (Å²) in [6.07, 6.45) is 8.47. The lowest BCUT2D eigenvalue weighted by molar-refractivity contribution is -0.0158. The number of nitrogens with zero attached hydrogens (tertiary/aromatic N) is 1. The number of hydrogen-bond donors (Lipinski definition) is 1. The largest absolute Gasteiger partial charge is 0.377 e. The van der Waals surface area contributed by atoms with Crippen LogP contribution >= 0.6 is 0 Å². The van der Waals surface area contributed by atoms with Gasteiger partial charge in [-0.25, -0.2) is 0 Å². The summed E-state index contributed by atoms with van der Waals surface area (Å²) in [5.41, 5.74) is 0.347. The third-order valence-electron chi connectivity index (χ3n) is 5.44. The van der Waals surface area contributed by atoms with Crippen molar-refractivity contribution < 1.29 is 4.74 Å². The molecular formula is C16H30N2O. The van der Waals surface area contributed by atoms with E-state index >= 15 is 0 Å². The maximum Gasteiger partial charge on any atom is 0.0702 e. The van der Waals surface area contributed by atoms with Crippen LogP contribution in [0.2, 0.25) is 0 Å². The first-order chi connectivity index (χ1) is 9.17. The molecule has 1 N–H and O–H groups in total. The maximum atomic E-state index is 5.95. The molecule has 0 aromatic carbocycles. The Morgan fingerprint density at radius 2 is 2.05 bits per heavy atom. The van der Waals surface area contributed by atoms with Crippen molar-refractivity contribution in [3.63, 3.8) is 0 Å². The molecule has 2 heterocycles. The Labute approximate surface area is 118 Å². The Morgan fingerprint density at radius 3 is 2.74 bits per heavy atom. The highest BCUT2D eigenvalue weighted by Gasteiger charge is 2.44. The lowest BCUT2D eigenvalue weighted by Crippen LogP contribution is -2.53. The molecule has 110 valence electrons.